The summed E-state index contributed by atoms with van der Waals surface area (Å²) in [5.41, 5.74) is 5.48. The molecule has 0 aromatic heterocycles. The van der Waals surface area contributed by atoms with Gasteiger partial charge in [-0.05, 0) is 31.7 Å². The summed E-state index contributed by atoms with van der Waals surface area (Å²) in [5, 5.41) is 5.57. The lowest BCUT2D eigenvalue weighted by Gasteiger charge is -2.09. The Morgan fingerprint density at radius 2 is 2.00 bits per heavy atom. The van der Waals surface area contributed by atoms with Crippen molar-refractivity contribution in [2.24, 2.45) is 11.7 Å². The highest BCUT2D eigenvalue weighted by Crippen LogP contribution is 2.01. The predicted molar refractivity (Wildman–Crippen MR) is 59.1 cm³/mol. The average molecular weight is 201 g/mol. The van der Waals surface area contributed by atoms with Gasteiger partial charge in [0.05, 0.1) is 0 Å². The molecule has 0 aromatic rings. The minimum Gasteiger partial charge on any atom is -0.338 e. The lowest BCUT2D eigenvalue weighted by Crippen LogP contribution is -2.36. The van der Waals surface area contributed by atoms with Gasteiger partial charge in [-0.25, -0.2) is 4.79 Å². The van der Waals surface area contributed by atoms with Crippen LogP contribution < -0.4 is 16.4 Å². The van der Waals surface area contributed by atoms with E-state index in [1.165, 1.54) is 0 Å². The summed E-state index contributed by atoms with van der Waals surface area (Å²) >= 11 is 0. The molecular formula is C10H23N3O. The molecule has 0 aliphatic heterocycles. The molecule has 4 heteroatoms. The highest BCUT2D eigenvalue weighted by atomic mass is 16.2. The van der Waals surface area contributed by atoms with Gasteiger partial charge < -0.3 is 16.4 Å². The highest BCUT2D eigenvalue weighted by molar-refractivity contribution is 5.73. The van der Waals surface area contributed by atoms with E-state index in [2.05, 4.69) is 17.6 Å². The normalized spacial score (nSPS) is 12.2. The maximum atomic E-state index is 11.1. The first-order valence-electron chi connectivity index (χ1n) is 5.42. The van der Waals surface area contributed by atoms with Crippen molar-refractivity contribution >= 4 is 6.03 Å². The molecule has 0 aromatic carbocycles. The third-order valence-corrected chi connectivity index (χ3v) is 2.10. The molecule has 84 valence electrons. The number of amides is 2. The van der Waals surface area contributed by atoms with E-state index in [0.29, 0.717) is 5.92 Å². The number of nitrogens with two attached hydrogens (primary N) is 1. The molecule has 0 rings (SSSR count). The first-order valence-corrected chi connectivity index (χ1v) is 5.42. The van der Waals surface area contributed by atoms with Crippen LogP contribution in [-0.2, 0) is 0 Å². The molecule has 0 saturated carbocycles. The zero-order valence-electron chi connectivity index (χ0n) is 9.31. The van der Waals surface area contributed by atoms with E-state index in [4.69, 9.17) is 5.73 Å². The Morgan fingerprint density at radius 3 is 2.57 bits per heavy atom. The predicted octanol–water partition coefficient (Wildman–Crippen LogP) is 1.07. The topological polar surface area (TPSA) is 67.2 Å². The molecule has 0 heterocycles. The van der Waals surface area contributed by atoms with Crippen LogP contribution in [0.4, 0.5) is 4.79 Å². The molecule has 14 heavy (non-hydrogen) atoms. The van der Waals surface area contributed by atoms with E-state index in [1.54, 1.807) is 0 Å². The monoisotopic (exact) mass is 201 g/mol. The lowest BCUT2D eigenvalue weighted by molar-refractivity contribution is 0.240. The Hall–Kier alpha value is -0.770. The van der Waals surface area contributed by atoms with E-state index in [0.717, 1.165) is 38.9 Å². The SMILES string of the molecule is CCCNC(=O)NCCCC(C)CN. The van der Waals surface area contributed by atoms with Crippen LogP contribution in [0, 0.1) is 5.92 Å². The van der Waals surface area contributed by atoms with Crippen LogP contribution in [0.1, 0.15) is 33.1 Å². The maximum Gasteiger partial charge on any atom is 0.314 e. The molecule has 0 fully saturated rings. The largest absolute Gasteiger partial charge is 0.338 e. The van der Waals surface area contributed by atoms with E-state index in [1.807, 2.05) is 6.92 Å². The van der Waals surface area contributed by atoms with Gasteiger partial charge in [-0.3, -0.25) is 0 Å². The van der Waals surface area contributed by atoms with Gasteiger partial charge in [0.2, 0.25) is 0 Å². The maximum absolute atomic E-state index is 11.1. The summed E-state index contributed by atoms with van der Waals surface area (Å²) in [6.07, 6.45) is 3.04. The standard InChI is InChI=1S/C10H23N3O/c1-3-6-12-10(14)13-7-4-5-9(2)8-11/h9H,3-8,11H2,1-2H3,(H2,12,13,14). The quantitative estimate of drug-likeness (QED) is 0.539. The number of nitrogens with one attached hydrogen (secondary N) is 2. The fourth-order valence-corrected chi connectivity index (χ4v) is 1.07. The van der Waals surface area contributed by atoms with Crippen molar-refractivity contribution in [1.29, 1.82) is 0 Å². The van der Waals surface area contributed by atoms with Crippen LogP contribution in [0.25, 0.3) is 0 Å². The molecule has 0 aliphatic carbocycles. The highest BCUT2D eigenvalue weighted by Gasteiger charge is 2.00. The molecule has 0 saturated heterocycles. The molecule has 0 spiro atoms. The van der Waals surface area contributed by atoms with Crippen molar-refractivity contribution in [3.8, 4) is 0 Å². The molecule has 4 N–H and O–H groups in total. The Labute approximate surface area is 86.6 Å². The number of hydrogen-bond donors (Lipinski definition) is 3. The molecule has 0 bridgehead atoms. The van der Waals surface area contributed by atoms with Gasteiger partial charge >= 0.3 is 6.03 Å². The first kappa shape index (κ1) is 13.2. The smallest absolute Gasteiger partial charge is 0.314 e. The van der Waals surface area contributed by atoms with Gasteiger partial charge in [0.15, 0.2) is 0 Å². The number of carbonyl (C=O) groups is 1. The Balaban J connectivity index is 3.22. The van der Waals surface area contributed by atoms with E-state index >= 15 is 0 Å². The van der Waals surface area contributed by atoms with Gasteiger partial charge in [-0.1, -0.05) is 13.8 Å². The zero-order valence-corrected chi connectivity index (χ0v) is 9.31. The third kappa shape index (κ3) is 7.86. The summed E-state index contributed by atoms with van der Waals surface area (Å²) in [5.74, 6) is 0.551. The van der Waals surface area contributed by atoms with Gasteiger partial charge in [0, 0.05) is 13.1 Å². The van der Waals surface area contributed by atoms with Crippen LogP contribution in [-0.4, -0.2) is 25.7 Å². The van der Waals surface area contributed by atoms with Crippen molar-refractivity contribution in [1.82, 2.24) is 10.6 Å². The van der Waals surface area contributed by atoms with Crippen molar-refractivity contribution in [2.45, 2.75) is 33.1 Å². The molecule has 0 radical (unpaired) electrons. The summed E-state index contributed by atoms with van der Waals surface area (Å²) in [7, 11) is 0. The minimum atomic E-state index is -0.0627. The van der Waals surface area contributed by atoms with Gasteiger partial charge in [-0.15, -0.1) is 0 Å². The number of hydrogen-bond acceptors (Lipinski definition) is 2. The lowest BCUT2D eigenvalue weighted by atomic mass is 10.1. The second kappa shape index (κ2) is 8.81. The van der Waals surface area contributed by atoms with E-state index in [-0.39, 0.29) is 6.03 Å². The van der Waals surface area contributed by atoms with Crippen LogP contribution in [0.3, 0.4) is 0 Å². The van der Waals surface area contributed by atoms with Crippen molar-refractivity contribution in [3.63, 3.8) is 0 Å². The van der Waals surface area contributed by atoms with E-state index < -0.39 is 0 Å². The van der Waals surface area contributed by atoms with Crippen LogP contribution >= 0.6 is 0 Å². The van der Waals surface area contributed by atoms with Crippen LogP contribution in [0.2, 0.25) is 0 Å². The molecule has 0 aliphatic rings. The second-order valence-corrected chi connectivity index (χ2v) is 3.67. The average Bonchev–Trinajstić information content (AvgIpc) is 2.21. The Morgan fingerprint density at radius 1 is 1.36 bits per heavy atom. The van der Waals surface area contributed by atoms with Crippen LogP contribution in [0.5, 0.6) is 0 Å². The zero-order chi connectivity index (χ0) is 10.8. The van der Waals surface area contributed by atoms with Crippen LogP contribution in [0.15, 0.2) is 0 Å². The second-order valence-electron chi connectivity index (χ2n) is 3.67. The van der Waals surface area contributed by atoms with Gasteiger partial charge in [0.25, 0.3) is 0 Å². The fraction of sp³-hybridized carbons (Fsp3) is 0.900. The Kier molecular flexibility index (Phi) is 8.33. The first-order chi connectivity index (χ1) is 6.70. The summed E-state index contributed by atoms with van der Waals surface area (Å²) in [4.78, 5) is 11.1. The number of carbonyl (C=O) groups excluding carboxylic acids is 1. The van der Waals surface area contributed by atoms with Crippen molar-refractivity contribution < 1.29 is 4.79 Å². The van der Waals surface area contributed by atoms with Gasteiger partial charge in [-0.2, -0.15) is 0 Å². The fourth-order valence-electron chi connectivity index (χ4n) is 1.07. The summed E-state index contributed by atoms with van der Waals surface area (Å²) in [6, 6.07) is -0.0627. The van der Waals surface area contributed by atoms with Crippen molar-refractivity contribution in [2.75, 3.05) is 19.6 Å². The molecule has 1 unspecified atom stereocenters. The molecule has 4 nitrogen and oxygen atoms in total. The van der Waals surface area contributed by atoms with Gasteiger partial charge in [0.1, 0.15) is 0 Å². The van der Waals surface area contributed by atoms with E-state index in [9.17, 15) is 4.79 Å². The Bertz CT molecular complexity index is 150. The molecule has 1 atom stereocenters. The molecule has 2 amide bonds. The number of urea groups is 1. The molecular weight excluding hydrogens is 178 g/mol. The summed E-state index contributed by atoms with van der Waals surface area (Å²) < 4.78 is 0. The van der Waals surface area contributed by atoms with Crippen molar-refractivity contribution in [3.05, 3.63) is 0 Å². The minimum absolute atomic E-state index is 0.0627. The summed E-state index contributed by atoms with van der Waals surface area (Å²) in [6.45, 7) is 6.35. The third-order valence-electron chi connectivity index (χ3n) is 2.10. The number of rotatable bonds is 7.